The van der Waals surface area contributed by atoms with Crippen molar-refractivity contribution in [3.63, 3.8) is 0 Å². The minimum absolute atomic E-state index is 0.00645. The molecule has 1 amide bonds. The number of methoxy groups -OCH3 is 2. The van der Waals surface area contributed by atoms with Gasteiger partial charge in [-0.15, -0.1) is 11.3 Å². The van der Waals surface area contributed by atoms with Crippen LogP contribution in [0.25, 0.3) is 0 Å². The van der Waals surface area contributed by atoms with Crippen LogP contribution in [0.1, 0.15) is 37.0 Å². The Kier molecular flexibility index (Phi) is 6.39. The molecule has 0 saturated carbocycles. The second-order valence-electron chi connectivity index (χ2n) is 7.39. The molecule has 162 valence electrons. The van der Waals surface area contributed by atoms with Gasteiger partial charge in [-0.05, 0) is 18.8 Å². The molecular formula is C18H26N2O7S2. The molecule has 3 heterocycles. The maximum absolute atomic E-state index is 13.2. The van der Waals surface area contributed by atoms with Gasteiger partial charge in [-0.2, -0.15) is 4.31 Å². The molecule has 2 aliphatic heterocycles. The van der Waals surface area contributed by atoms with E-state index in [9.17, 15) is 18.0 Å². The molecule has 2 fully saturated rings. The van der Waals surface area contributed by atoms with Crippen LogP contribution in [-0.4, -0.2) is 75.7 Å². The minimum atomic E-state index is -3.83. The molecule has 0 radical (unpaired) electrons. The van der Waals surface area contributed by atoms with E-state index >= 15 is 0 Å². The van der Waals surface area contributed by atoms with Gasteiger partial charge >= 0.3 is 12.1 Å². The van der Waals surface area contributed by atoms with Gasteiger partial charge in [0.05, 0.1) is 20.3 Å². The molecule has 1 unspecified atom stereocenters. The molecule has 1 atom stereocenters. The zero-order valence-electron chi connectivity index (χ0n) is 16.9. The van der Waals surface area contributed by atoms with Crippen molar-refractivity contribution in [2.75, 3.05) is 33.9 Å². The maximum atomic E-state index is 13.2. The first-order chi connectivity index (χ1) is 13.7. The Labute approximate surface area is 174 Å². The average molecular weight is 447 g/mol. The molecule has 29 heavy (non-hydrogen) atoms. The van der Waals surface area contributed by atoms with Gasteiger partial charge in [-0.1, -0.05) is 13.8 Å². The fourth-order valence-electron chi connectivity index (χ4n) is 3.81. The van der Waals surface area contributed by atoms with Gasteiger partial charge in [-0.25, -0.2) is 18.0 Å². The number of esters is 1. The van der Waals surface area contributed by atoms with Gasteiger partial charge in [0, 0.05) is 24.5 Å². The summed E-state index contributed by atoms with van der Waals surface area (Å²) in [7, 11) is -1.28. The molecule has 1 aromatic rings. The number of nitrogens with zero attached hydrogens (tertiary/aromatic N) is 2. The summed E-state index contributed by atoms with van der Waals surface area (Å²) in [4.78, 5) is 25.8. The molecule has 0 bridgehead atoms. The number of hydrogen-bond donors (Lipinski definition) is 0. The maximum Gasteiger partial charge on any atom is 0.410 e. The minimum Gasteiger partial charge on any atom is -0.494 e. The molecule has 3 rings (SSSR count). The molecule has 0 N–H and O–H groups in total. The van der Waals surface area contributed by atoms with Crippen LogP contribution in [0.3, 0.4) is 0 Å². The lowest BCUT2D eigenvalue weighted by Gasteiger charge is -2.38. The van der Waals surface area contributed by atoms with Crippen LogP contribution >= 0.6 is 11.3 Å². The summed E-state index contributed by atoms with van der Waals surface area (Å²) in [5.74, 6) is -0.382. The Morgan fingerprint density at radius 3 is 2.48 bits per heavy atom. The molecule has 0 aliphatic carbocycles. The van der Waals surface area contributed by atoms with E-state index in [0.717, 1.165) is 11.3 Å². The topological polar surface area (TPSA) is 102 Å². The summed E-state index contributed by atoms with van der Waals surface area (Å²) in [6.07, 6.45) is 0.720. The van der Waals surface area contributed by atoms with E-state index in [1.165, 1.54) is 23.9 Å². The number of hydrogen-bond acceptors (Lipinski definition) is 8. The van der Waals surface area contributed by atoms with E-state index < -0.39 is 16.0 Å². The smallest absolute Gasteiger partial charge is 0.410 e. The number of piperidine rings is 1. The van der Waals surface area contributed by atoms with Crippen LogP contribution in [0.4, 0.5) is 4.79 Å². The Morgan fingerprint density at radius 2 is 1.93 bits per heavy atom. The number of cyclic esters (lactones) is 1. The van der Waals surface area contributed by atoms with Crippen LogP contribution in [-0.2, 0) is 19.5 Å². The SMILES string of the molecule is COC(=O)c1csc(S(=O)(=O)N2CCC(N3C(=O)OCC3C(C)C)CC2)c1OC. The quantitative estimate of drug-likeness (QED) is 0.617. The lowest BCUT2D eigenvalue weighted by molar-refractivity contribution is 0.0597. The average Bonchev–Trinajstić information content (AvgIpc) is 3.31. The van der Waals surface area contributed by atoms with E-state index in [4.69, 9.17) is 14.2 Å². The van der Waals surface area contributed by atoms with Crippen molar-refractivity contribution in [3.05, 3.63) is 10.9 Å². The van der Waals surface area contributed by atoms with Gasteiger partial charge in [0.2, 0.25) is 0 Å². The lowest BCUT2D eigenvalue weighted by atomic mass is 9.98. The first kappa shape index (κ1) is 21.8. The van der Waals surface area contributed by atoms with Crippen molar-refractivity contribution in [2.45, 2.75) is 43.0 Å². The Bertz CT molecular complexity index is 873. The van der Waals surface area contributed by atoms with E-state index in [0.29, 0.717) is 19.4 Å². The van der Waals surface area contributed by atoms with Gasteiger partial charge in [0.25, 0.3) is 10.0 Å². The van der Waals surface area contributed by atoms with Gasteiger partial charge in [-0.3, -0.25) is 4.90 Å². The molecule has 0 spiro atoms. The van der Waals surface area contributed by atoms with Gasteiger partial charge in [0.15, 0.2) is 9.96 Å². The lowest BCUT2D eigenvalue weighted by Crippen LogP contribution is -2.50. The highest BCUT2D eigenvalue weighted by Crippen LogP contribution is 2.38. The number of amides is 1. The Balaban J connectivity index is 1.76. The number of thiophene rings is 1. The number of sulfonamides is 1. The highest BCUT2D eigenvalue weighted by atomic mass is 32.2. The summed E-state index contributed by atoms with van der Waals surface area (Å²) in [5.41, 5.74) is 0.0908. The molecular weight excluding hydrogens is 420 g/mol. The fourth-order valence-corrected chi connectivity index (χ4v) is 6.84. The first-order valence-corrected chi connectivity index (χ1v) is 11.7. The van der Waals surface area contributed by atoms with Gasteiger partial charge in [0.1, 0.15) is 12.2 Å². The summed E-state index contributed by atoms with van der Waals surface area (Å²) in [6.45, 7) is 5.01. The second-order valence-corrected chi connectivity index (χ2v) is 10.4. The van der Waals surface area contributed by atoms with Crippen LogP contribution in [0.2, 0.25) is 0 Å². The van der Waals surface area contributed by atoms with E-state index in [1.807, 2.05) is 13.8 Å². The van der Waals surface area contributed by atoms with Crippen molar-refractivity contribution in [2.24, 2.45) is 5.92 Å². The largest absolute Gasteiger partial charge is 0.494 e. The normalized spacial score (nSPS) is 21.5. The van der Waals surface area contributed by atoms with Crippen molar-refractivity contribution >= 4 is 33.4 Å². The molecule has 2 aliphatic rings. The number of carbonyl (C=O) groups excluding carboxylic acids is 2. The first-order valence-electron chi connectivity index (χ1n) is 9.41. The van der Waals surface area contributed by atoms with E-state index in [-0.39, 0.29) is 52.7 Å². The summed E-state index contributed by atoms with van der Waals surface area (Å²) in [5, 5.41) is 1.43. The van der Waals surface area contributed by atoms with Crippen LogP contribution in [0.15, 0.2) is 9.59 Å². The predicted molar refractivity (Wildman–Crippen MR) is 106 cm³/mol. The molecule has 9 nitrogen and oxygen atoms in total. The Morgan fingerprint density at radius 1 is 1.28 bits per heavy atom. The summed E-state index contributed by atoms with van der Waals surface area (Å²) in [6, 6.07) is -0.0460. The molecule has 1 aromatic heterocycles. The zero-order valence-corrected chi connectivity index (χ0v) is 18.5. The van der Waals surface area contributed by atoms with Crippen molar-refractivity contribution in [3.8, 4) is 5.75 Å². The van der Waals surface area contributed by atoms with Crippen molar-refractivity contribution in [1.29, 1.82) is 0 Å². The number of carbonyl (C=O) groups is 2. The molecule has 2 saturated heterocycles. The standard InChI is InChI=1S/C18H26N2O7S2/c1-11(2)14-9-27-18(22)20(14)12-5-7-19(8-6-12)29(23,24)17-15(25-3)13(10-28-17)16(21)26-4/h10-12,14H,5-9H2,1-4H3. The fraction of sp³-hybridized carbons (Fsp3) is 0.667. The van der Waals surface area contributed by atoms with E-state index in [1.54, 1.807) is 4.90 Å². The van der Waals surface area contributed by atoms with Crippen LogP contribution in [0.5, 0.6) is 5.75 Å². The van der Waals surface area contributed by atoms with E-state index in [2.05, 4.69) is 0 Å². The third-order valence-corrected chi connectivity index (χ3v) is 8.80. The third kappa shape index (κ3) is 3.95. The monoisotopic (exact) mass is 446 g/mol. The third-order valence-electron chi connectivity index (χ3n) is 5.43. The second kappa shape index (κ2) is 8.49. The summed E-state index contributed by atoms with van der Waals surface area (Å²) >= 11 is 0.936. The zero-order chi connectivity index (χ0) is 21.3. The van der Waals surface area contributed by atoms with Crippen molar-refractivity contribution < 1.29 is 32.2 Å². The van der Waals surface area contributed by atoms with Crippen LogP contribution < -0.4 is 4.74 Å². The number of rotatable bonds is 6. The highest BCUT2D eigenvalue weighted by molar-refractivity contribution is 7.91. The predicted octanol–water partition coefficient (Wildman–Crippen LogP) is 2.17. The number of ether oxygens (including phenoxy) is 3. The van der Waals surface area contributed by atoms with Crippen molar-refractivity contribution in [1.82, 2.24) is 9.21 Å². The molecule has 0 aromatic carbocycles. The Hall–Kier alpha value is -1.85. The molecule has 11 heteroatoms. The van der Waals surface area contributed by atoms with Gasteiger partial charge < -0.3 is 14.2 Å². The summed E-state index contributed by atoms with van der Waals surface area (Å²) < 4.78 is 42.8. The highest BCUT2D eigenvalue weighted by Gasteiger charge is 2.42. The van der Waals surface area contributed by atoms with Crippen LogP contribution in [0, 0.1) is 5.92 Å².